The molecule has 10 heteroatoms. The first kappa shape index (κ1) is 27.6. The number of sulfonamides is 1. The Bertz CT molecular complexity index is 1100. The minimum absolute atomic E-state index is 0.00223. The summed E-state index contributed by atoms with van der Waals surface area (Å²) in [4.78, 5) is 42.0. The summed E-state index contributed by atoms with van der Waals surface area (Å²) in [6, 6.07) is 6.26. The number of piperidine rings is 1. The maximum atomic E-state index is 13.0. The van der Waals surface area contributed by atoms with Crippen molar-refractivity contribution in [2.75, 3.05) is 25.0 Å². The lowest BCUT2D eigenvalue weighted by atomic mass is 9.94. The number of hydrogen-bond acceptors (Lipinski definition) is 5. The van der Waals surface area contributed by atoms with Crippen LogP contribution in [0.2, 0.25) is 0 Å². The highest BCUT2D eigenvalue weighted by atomic mass is 32.2. The number of hydrogen-bond donors (Lipinski definition) is 2. The Hall–Kier alpha value is -2.46. The van der Waals surface area contributed by atoms with Gasteiger partial charge in [0, 0.05) is 49.2 Å². The van der Waals surface area contributed by atoms with Crippen molar-refractivity contribution in [3.05, 3.63) is 24.3 Å². The van der Waals surface area contributed by atoms with Gasteiger partial charge in [-0.1, -0.05) is 19.3 Å². The van der Waals surface area contributed by atoms with E-state index >= 15 is 0 Å². The van der Waals surface area contributed by atoms with Crippen molar-refractivity contribution >= 4 is 33.4 Å². The van der Waals surface area contributed by atoms with E-state index in [-0.39, 0.29) is 52.5 Å². The van der Waals surface area contributed by atoms with Crippen LogP contribution in [0.3, 0.4) is 0 Å². The lowest BCUT2D eigenvalue weighted by Crippen LogP contribution is -2.46. The molecule has 1 aromatic carbocycles. The van der Waals surface area contributed by atoms with Crippen molar-refractivity contribution in [2.45, 2.75) is 88.6 Å². The second-order valence-corrected chi connectivity index (χ2v) is 13.4. The molecule has 3 amide bonds. The fourth-order valence-electron chi connectivity index (χ4n) is 5.61. The summed E-state index contributed by atoms with van der Waals surface area (Å²) in [7, 11) is -3.59. The largest absolute Gasteiger partial charge is 0.342 e. The zero-order valence-corrected chi connectivity index (χ0v) is 23.0. The van der Waals surface area contributed by atoms with Gasteiger partial charge in [0.25, 0.3) is 0 Å². The molecular weight excluding hydrogens is 492 g/mol. The van der Waals surface area contributed by atoms with Gasteiger partial charge < -0.3 is 15.1 Å². The Kier molecular flexibility index (Phi) is 8.28. The number of benzene rings is 1. The van der Waals surface area contributed by atoms with Crippen LogP contribution in [0, 0.1) is 11.8 Å². The average molecular weight is 533 g/mol. The Morgan fingerprint density at radius 1 is 0.919 bits per heavy atom. The van der Waals surface area contributed by atoms with Gasteiger partial charge in [-0.25, -0.2) is 13.1 Å². The molecule has 4 rings (SSSR count). The predicted octanol–water partition coefficient (Wildman–Crippen LogP) is 3.12. The maximum Gasteiger partial charge on any atom is 0.240 e. The topological polar surface area (TPSA) is 116 Å². The van der Waals surface area contributed by atoms with E-state index in [1.807, 2.05) is 20.8 Å². The van der Waals surface area contributed by atoms with Crippen LogP contribution in [0.5, 0.6) is 0 Å². The smallest absolute Gasteiger partial charge is 0.240 e. The minimum Gasteiger partial charge on any atom is -0.342 e. The third kappa shape index (κ3) is 6.71. The van der Waals surface area contributed by atoms with Crippen molar-refractivity contribution < 1.29 is 22.8 Å². The van der Waals surface area contributed by atoms with Crippen LogP contribution in [0.4, 0.5) is 5.69 Å². The molecule has 2 N–H and O–H groups in total. The van der Waals surface area contributed by atoms with E-state index in [9.17, 15) is 22.8 Å². The standard InChI is InChI=1S/C27H40N4O5S/c1-27(2,3)31-18-20(17-24(31)32)26(34)30-15-13-19(14-16-30)25(33)28-21-9-11-23(12-10-21)37(35,36)29-22-7-5-4-6-8-22/h9-12,19-20,22,29H,4-8,13-18H2,1-3H3,(H,28,33). The molecule has 3 fully saturated rings. The van der Waals surface area contributed by atoms with Crippen LogP contribution in [-0.4, -0.2) is 67.2 Å². The van der Waals surface area contributed by atoms with E-state index in [0.717, 1.165) is 32.1 Å². The molecule has 1 aromatic rings. The predicted molar refractivity (Wildman–Crippen MR) is 141 cm³/mol. The molecule has 3 aliphatic rings. The van der Waals surface area contributed by atoms with Crippen molar-refractivity contribution in [3.8, 4) is 0 Å². The number of amides is 3. The maximum absolute atomic E-state index is 13.0. The lowest BCUT2D eigenvalue weighted by Gasteiger charge is -2.34. The highest BCUT2D eigenvalue weighted by Crippen LogP contribution is 2.29. The van der Waals surface area contributed by atoms with Crippen LogP contribution in [0.15, 0.2) is 29.2 Å². The summed E-state index contributed by atoms with van der Waals surface area (Å²) in [5.74, 6) is -0.657. The van der Waals surface area contributed by atoms with Gasteiger partial charge in [-0.05, 0) is 70.7 Å². The second-order valence-electron chi connectivity index (χ2n) is 11.6. The summed E-state index contributed by atoms with van der Waals surface area (Å²) in [6.07, 6.45) is 6.33. The van der Waals surface area contributed by atoms with E-state index in [2.05, 4.69) is 10.0 Å². The van der Waals surface area contributed by atoms with Crippen molar-refractivity contribution in [1.82, 2.24) is 14.5 Å². The van der Waals surface area contributed by atoms with Gasteiger partial charge in [0.05, 0.1) is 10.8 Å². The summed E-state index contributed by atoms with van der Waals surface area (Å²) in [5.41, 5.74) is 0.248. The second kappa shape index (κ2) is 11.1. The van der Waals surface area contributed by atoms with E-state index in [0.29, 0.717) is 38.2 Å². The minimum atomic E-state index is -3.59. The van der Waals surface area contributed by atoms with Gasteiger partial charge in [0.1, 0.15) is 0 Å². The van der Waals surface area contributed by atoms with Crippen LogP contribution < -0.4 is 10.0 Å². The zero-order valence-electron chi connectivity index (χ0n) is 22.2. The van der Waals surface area contributed by atoms with Gasteiger partial charge in [0.15, 0.2) is 0 Å². The Labute approximate surface area is 220 Å². The summed E-state index contributed by atoms with van der Waals surface area (Å²) in [5, 5.41) is 2.89. The molecule has 0 spiro atoms. The lowest BCUT2D eigenvalue weighted by molar-refractivity contribution is -0.138. The van der Waals surface area contributed by atoms with Gasteiger partial charge >= 0.3 is 0 Å². The first-order valence-corrected chi connectivity index (χ1v) is 14.9. The number of carbonyl (C=O) groups excluding carboxylic acids is 3. The van der Waals surface area contributed by atoms with Crippen LogP contribution in [0.25, 0.3) is 0 Å². The van der Waals surface area contributed by atoms with Gasteiger partial charge in [-0.3, -0.25) is 14.4 Å². The van der Waals surface area contributed by atoms with Crippen molar-refractivity contribution in [1.29, 1.82) is 0 Å². The highest BCUT2D eigenvalue weighted by molar-refractivity contribution is 7.89. The monoisotopic (exact) mass is 532 g/mol. The summed E-state index contributed by atoms with van der Waals surface area (Å²) >= 11 is 0. The van der Waals surface area contributed by atoms with Gasteiger partial charge in [-0.2, -0.15) is 0 Å². The first-order chi connectivity index (χ1) is 17.4. The number of anilines is 1. The molecule has 2 saturated heterocycles. The molecule has 1 aliphatic carbocycles. The van der Waals surface area contributed by atoms with Crippen molar-refractivity contribution in [3.63, 3.8) is 0 Å². The SMILES string of the molecule is CC(C)(C)N1CC(C(=O)N2CCC(C(=O)Nc3ccc(S(=O)(=O)NC4CCCCC4)cc3)CC2)CC1=O. The normalized spacial score (nSPS) is 22.4. The third-order valence-electron chi connectivity index (χ3n) is 7.82. The van der Waals surface area contributed by atoms with E-state index in [1.165, 1.54) is 12.1 Å². The van der Waals surface area contributed by atoms with Gasteiger partial charge in [-0.15, -0.1) is 0 Å². The number of carbonyl (C=O) groups is 3. The van der Waals surface area contributed by atoms with Crippen LogP contribution >= 0.6 is 0 Å². The molecule has 0 aromatic heterocycles. The molecule has 204 valence electrons. The first-order valence-electron chi connectivity index (χ1n) is 13.5. The Balaban J connectivity index is 1.26. The molecule has 1 saturated carbocycles. The molecule has 37 heavy (non-hydrogen) atoms. The fraction of sp³-hybridized carbons (Fsp3) is 0.667. The fourth-order valence-corrected chi connectivity index (χ4v) is 6.92. The third-order valence-corrected chi connectivity index (χ3v) is 9.36. The Morgan fingerprint density at radius 2 is 1.54 bits per heavy atom. The summed E-state index contributed by atoms with van der Waals surface area (Å²) < 4.78 is 28.2. The molecular formula is C27H40N4O5S. The molecule has 2 aliphatic heterocycles. The van der Waals surface area contributed by atoms with E-state index < -0.39 is 10.0 Å². The molecule has 9 nitrogen and oxygen atoms in total. The number of nitrogens with one attached hydrogen (secondary N) is 2. The molecule has 0 radical (unpaired) electrons. The summed E-state index contributed by atoms with van der Waals surface area (Å²) in [6.45, 7) is 7.35. The van der Waals surface area contributed by atoms with E-state index in [4.69, 9.17) is 0 Å². The Morgan fingerprint density at radius 3 is 2.11 bits per heavy atom. The molecule has 1 atom stereocenters. The number of likely N-dealkylation sites (tertiary alicyclic amines) is 2. The molecule has 0 bridgehead atoms. The van der Waals surface area contributed by atoms with Crippen LogP contribution in [-0.2, 0) is 24.4 Å². The van der Waals surface area contributed by atoms with Gasteiger partial charge in [0.2, 0.25) is 27.7 Å². The molecule has 1 unspecified atom stereocenters. The number of rotatable bonds is 6. The van der Waals surface area contributed by atoms with Crippen molar-refractivity contribution in [2.24, 2.45) is 11.8 Å². The van der Waals surface area contributed by atoms with E-state index in [1.54, 1.807) is 21.9 Å². The average Bonchev–Trinajstić information content (AvgIpc) is 3.26. The van der Waals surface area contributed by atoms with Crippen LogP contribution in [0.1, 0.15) is 72.1 Å². The quantitative estimate of drug-likeness (QED) is 0.584. The number of nitrogens with zero attached hydrogens (tertiary/aromatic N) is 2. The zero-order chi connectivity index (χ0) is 26.8. The highest BCUT2D eigenvalue weighted by Gasteiger charge is 2.41. The molecule has 2 heterocycles.